The number of aromatic nitrogens is 2. The van der Waals surface area contributed by atoms with Gasteiger partial charge in [-0.25, -0.2) is 4.57 Å². The zero-order valence-corrected chi connectivity index (χ0v) is 20.3. The monoisotopic (exact) mass is 439 g/mol. The molecule has 3 heterocycles. The molecule has 0 aliphatic rings. The van der Waals surface area contributed by atoms with Crippen LogP contribution in [-0.4, -0.2) is 4.40 Å². The summed E-state index contributed by atoms with van der Waals surface area (Å²) in [6, 6.07) is 24.7. The maximum absolute atomic E-state index is 2.58. The van der Waals surface area contributed by atoms with Crippen molar-refractivity contribution in [1.29, 1.82) is 0 Å². The molecule has 0 N–H and O–H groups in total. The smallest absolute Gasteiger partial charge is 0.224 e. The van der Waals surface area contributed by atoms with Crippen molar-refractivity contribution < 1.29 is 4.57 Å². The first-order valence-corrected chi connectivity index (χ1v) is 12.0. The van der Waals surface area contributed by atoms with Crippen LogP contribution in [0.1, 0.15) is 22.3 Å². The van der Waals surface area contributed by atoms with Crippen LogP contribution in [-0.2, 0) is 7.05 Å². The van der Waals surface area contributed by atoms with E-state index in [0.29, 0.717) is 0 Å². The summed E-state index contributed by atoms with van der Waals surface area (Å²) < 4.78 is 4.90. The summed E-state index contributed by atoms with van der Waals surface area (Å²) in [7, 11) is 2.19. The second-order valence-electron chi connectivity index (χ2n) is 9.92. The van der Waals surface area contributed by atoms with E-state index in [9.17, 15) is 0 Å². The molecule has 0 atom stereocenters. The quantitative estimate of drug-likeness (QED) is 0.141. The Morgan fingerprint density at radius 2 is 1.44 bits per heavy atom. The number of nitrogens with zero attached hydrogens (tertiary/aromatic N) is 2. The number of aryl methyl sites for hydroxylation is 5. The van der Waals surface area contributed by atoms with Gasteiger partial charge < -0.3 is 4.40 Å². The lowest BCUT2D eigenvalue weighted by Gasteiger charge is -2.17. The lowest BCUT2D eigenvalue weighted by molar-refractivity contribution is -0.643. The molecule has 34 heavy (non-hydrogen) atoms. The zero-order chi connectivity index (χ0) is 23.3. The predicted molar refractivity (Wildman–Crippen MR) is 144 cm³/mol. The summed E-state index contributed by atoms with van der Waals surface area (Å²) in [5, 5.41) is 6.71. The van der Waals surface area contributed by atoms with Crippen molar-refractivity contribution in [3.05, 3.63) is 95.2 Å². The molecule has 3 aromatic heterocycles. The van der Waals surface area contributed by atoms with Crippen LogP contribution in [0.2, 0.25) is 0 Å². The van der Waals surface area contributed by atoms with E-state index in [1.807, 2.05) is 0 Å². The van der Waals surface area contributed by atoms with Crippen molar-refractivity contribution in [2.24, 2.45) is 7.05 Å². The molecule has 0 fully saturated rings. The maximum atomic E-state index is 2.58. The minimum Gasteiger partial charge on any atom is -0.307 e. The first-order valence-electron chi connectivity index (χ1n) is 12.0. The number of benzene rings is 4. The second kappa shape index (κ2) is 6.57. The van der Waals surface area contributed by atoms with E-state index in [1.54, 1.807) is 0 Å². The van der Waals surface area contributed by atoms with Gasteiger partial charge in [-0.05, 0) is 72.5 Å². The molecule has 0 amide bonds. The Labute approximate surface area is 199 Å². The van der Waals surface area contributed by atoms with Gasteiger partial charge in [0.25, 0.3) is 0 Å². The highest BCUT2D eigenvalue weighted by molar-refractivity contribution is 6.31. The Morgan fingerprint density at radius 1 is 0.647 bits per heavy atom. The summed E-state index contributed by atoms with van der Waals surface area (Å²) >= 11 is 0. The van der Waals surface area contributed by atoms with E-state index in [2.05, 4.69) is 117 Å². The number of pyridine rings is 2. The lowest BCUT2D eigenvalue weighted by atomic mass is 9.92. The molecule has 164 valence electrons. The SMILES string of the molecule is Cc1cc(C)c2c(c1C)c1c3c(cc[n+]1C)cc(-c1ccccc1)c1c4cccc(C)c4n2c13. The zero-order valence-electron chi connectivity index (χ0n) is 20.3. The highest BCUT2D eigenvalue weighted by Gasteiger charge is 2.27. The van der Waals surface area contributed by atoms with Gasteiger partial charge in [0.1, 0.15) is 7.05 Å². The molecule has 2 heteroatoms. The number of fused-ring (bicyclic) bond motifs is 6. The van der Waals surface area contributed by atoms with Gasteiger partial charge in [-0.15, -0.1) is 0 Å². The van der Waals surface area contributed by atoms with Gasteiger partial charge in [-0.1, -0.05) is 54.6 Å². The largest absolute Gasteiger partial charge is 0.307 e. The van der Waals surface area contributed by atoms with E-state index < -0.39 is 0 Å². The third-order valence-electron chi connectivity index (χ3n) is 7.91. The highest BCUT2D eigenvalue weighted by Crippen LogP contribution is 2.46. The van der Waals surface area contributed by atoms with E-state index in [4.69, 9.17) is 0 Å². The predicted octanol–water partition coefficient (Wildman–Crippen LogP) is 7.72. The Hall–Kier alpha value is -3.91. The van der Waals surface area contributed by atoms with E-state index in [1.165, 1.54) is 82.4 Å². The molecule has 0 bridgehead atoms. The van der Waals surface area contributed by atoms with Crippen LogP contribution in [0.15, 0.2) is 72.9 Å². The third-order valence-corrected chi connectivity index (χ3v) is 7.91. The number of hydrogen-bond donors (Lipinski definition) is 0. The Balaban J connectivity index is 1.95. The van der Waals surface area contributed by atoms with Crippen LogP contribution in [0, 0.1) is 27.7 Å². The lowest BCUT2D eigenvalue weighted by Crippen LogP contribution is -2.29. The summed E-state index contributed by atoms with van der Waals surface area (Å²) in [5.74, 6) is 0. The molecule has 0 saturated carbocycles. The summed E-state index contributed by atoms with van der Waals surface area (Å²) in [6.07, 6.45) is 2.22. The molecule has 2 nitrogen and oxygen atoms in total. The van der Waals surface area contributed by atoms with Gasteiger partial charge in [0.05, 0.1) is 27.3 Å². The molecule has 7 rings (SSSR count). The van der Waals surface area contributed by atoms with Gasteiger partial charge in [-0.3, -0.25) is 0 Å². The molecule has 0 saturated heterocycles. The van der Waals surface area contributed by atoms with Crippen molar-refractivity contribution in [1.82, 2.24) is 4.40 Å². The molecule has 0 radical (unpaired) electrons. The van der Waals surface area contributed by atoms with Crippen LogP contribution in [0.3, 0.4) is 0 Å². The fourth-order valence-electron chi connectivity index (χ4n) is 6.30. The molecule has 4 aromatic carbocycles. The van der Waals surface area contributed by atoms with Crippen LogP contribution >= 0.6 is 0 Å². The molecule has 0 aliphatic carbocycles. The normalized spacial score (nSPS) is 12.3. The molecular weight excluding hydrogens is 412 g/mol. The van der Waals surface area contributed by atoms with E-state index in [-0.39, 0.29) is 0 Å². The third kappa shape index (κ3) is 2.28. The summed E-state index contributed by atoms with van der Waals surface area (Å²) in [4.78, 5) is 0. The van der Waals surface area contributed by atoms with Gasteiger partial charge in [0.2, 0.25) is 5.52 Å². The van der Waals surface area contributed by atoms with Gasteiger partial charge in [0, 0.05) is 16.8 Å². The van der Waals surface area contributed by atoms with Crippen LogP contribution in [0.25, 0.3) is 60.1 Å². The summed E-state index contributed by atoms with van der Waals surface area (Å²) in [6.45, 7) is 9.05. The summed E-state index contributed by atoms with van der Waals surface area (Å²) in [5.41, 5.74) is 13.3. The molecule has 0 spiro atoms. The highest BCUT2D eigenvalue weighted by atomic mass is 15.0. The molecule has 0 aliphatic heterocycles. The van der Waals surface area contributed by atoms with Gasteiger partial charge in [0.15, 0.2) is 6.20 Å². The van der Waals surface area contributed by atoms with Crippen LogP contribution < -0.4 is 4.57 Å². The van der Waals surface area contributed by atoms with Crippen molar-refractivity contribution in [3.63, 3.8) is 0 Å². The van der Waals surface area contributed by atoms with Crippen LogP contribution in [0.5, 0.6) is 0 Å². The fraction of sp³-hybridized carbons (Fsp3) is 0.156. The Bertz CT molecular complexity index is 1940. The topological polar surface area (TPSA) is 8.29 Å². The maximum Gasteiger partial charge on any atom is 0.224 e. The standard InChI is InChI=1S/C32H27N2/c1-18-10-9-13-24-28-25(22-11-7-6-8-12-22)17-23-14-15-33(5)31-26-21(4)19(2)16-20(3)30(26)34(29(18)24)32(28)27(23)31/h6-17H,1-5H3/q+1. The van der Waals surface area contributed by atoms with Gasteiger partial charge >= 0.3 is 0 Å². The van der Waals surface area contributed by atoms with E-state index >= 15 is 0 Å². The van der Waals surface area contributed by atoms with Gasteiger partial charge in [-0.2, -0.15) is 0 Å². The minimum atomic E-state index is 1.27. The molecule has 0 unspecified atom stereocenters. The number of hydrogen-bond acceptors (Lipinski definition) is 0. The minimum absolute atomic E-state index is 1.27. The number of para-hydroxylation sites is 1. The Kier molecular flexibility index (Phi) is 3.78. The molecular formula is C32H27N2+. The Morgan fingerprint density at radius 3 is 2.24 bits per heavy atom. The average Bonchev–Trinajstić information content (AvgIpc) is 3.19. The molecule has 7 aromatic rings. The first kappa shape index (κ1) is 19.5. The van der Waals surface area contributed by atoms with Crippen LogP contribution in [0.4, 0.5) is 0 Å². The van der Waals surface area contributed by atoms with Crippen molar-refractivity contribution in [3.8, 4) is 11.1 Å². The average molecular weight is 440 g/mol. The number of rotatable bonds is 1. The van der Waals surface area contributed by atoms with E-state index in [0.717, 1.165) is 0 Å². The van der Waals surface area contributed by atoms with Crippen molar-refractivity contribution >= 4 is 49.0 Å². The fourth-order valence-corrected chi connectivity index (χ4v) is 6.30. The van der Waals surface area contributed by atoms with Crippen molar-refractivity contribution in [2.45, 2.75) is 27.7 Å². The second-order valence-corrected chi connectivity index (χ2v) is 9.92. The van der Waals surface area contributed by atoms with Crippen molar-refractivity contribution in [2.75, 3.05) is 0 Å². The first-order chi connectivity index (χ1) is 16.5.